The van der Waals surface area contributed by atoms with Crippen molar-refractivity contribution in [3.63, 3.8) is 0 Å². The minimum atomic E-state index is -3.92. The molecule has 2 aromatic rings. The van der Waals surface area contributed by atoms with E-state index in [2.05, 4.69) is 20.0 Å². The van der Waals surface area contributed by atoms with Crippen molar-refractivity contribution in [2.75, 3.05) is 18.7 Å². The van der Waals surface area contributed by atoms with Gasteiger partial charge in [-0.1, -0.05) is 0 Å². The molecule has 0 saturated heterocycles. The van der Waals surface area contributed by atoms with Crippen molar-refractivity contribution in [2.45, 2.75) is 78.9 Å². The zero-order chi connectivity index (χ0) is 26.4. The Balaban J connectivity index is 2.17. The maximum atomic E-state index is 13.8. The molecule has 0 amide bonds. The molecule has 0 fully saturated rings. The maximum absolute atomic E-state index is 13.8. The third kappa shape index (κ3) is 7.96. The average Bonchev–Trinajstić information content (AvgIpc) is 3.15. The third-order valence-corrected chi connectivity index (χ3v) is 6.71. The molecule has 2 heterocycles. The molecular formula is C21H35N6O7P. The van der Waals surface area contributed by atoms with Crippen LogP contribution in [0.25, 0.3) is 11.2 Å². The second-order valence-corrected chi connectivity index (χ2v) is 10.8. The van der Waals surface area contributed by atoms with E-state index >= 15 is 0 Å². The molecular weight excluding hydrogens is 479 g/mol. The van der Waals surface area contributed by atoms with Crippen LogP contribution < -0.4 is 10.8 Å². The zero-order valence-corrected chi connectivity index (χ0v) is 22.1. The van der Waals surface area contributed by atoms with E-state index in [1.807, 2.05) is 0 Å². The standard InChI is InChI=1S/C21H35N6O7P/c1-8-31-20(29)21(6,7)26-35(30,34-15(5)19(28)33-13(2)3)12-32-14(4)9-27-11-25-16-17(22)23-10-24-18(16)27/h10-11,13-15H,8-9,12H2,1-7H3,(H,26,30)(H2,22,23,24)/t14-,15-,35+/m1/s1. The minimum Gasteiger partial charge on any atom is -0.465 e. The van der Waals surface area contributed by atoms with Crippen molar-refractivity contribution in [1.29, 1.82) is 0 Å². The van der Waals surface area contributed by atoms with E-state index in [0.29, 0.717) is 17.7 Å². The number of nitrogen functional groups attached to an aromatic ring is 1. The van der Waals surface area contributed by atoms with Gasteiger partial charge < -0.3 is 29.0 Å². The molecule has 14 heteroatoms. The highest BCUT2D eigenvalue weighted by atomic mass is 31.2. The number of rotatable bonds is 13. The Hall–Kier alpha value is -2.60. The molecule has 0 aliphatic rings. The van der Waals surface area contributed by atoms with Gasteiger partial charge in [0.2, 0.25) is 0 Å². The van der Waals surface area contributed by atoms with E-state index in [4.69, 9.17) is 24.5 Å². The summed E-state index contributed by atoms with van der Waals surface area (Å²) in [6.45, 7) is 11.7. The zero-order valence-electron chi connectivity index (χ0n) is 21.2. The third-order valence-electron chi connectivity index (χ3n) is 4.66. The summed E-state index contributed by atoms with van der Waals surface area (Å²) >= 11 is 0. The fraction of sp³-hybridized carbons (Fsp3) is 0.667. The summed E-state index contributed by atoms with van der Waals surface area (Å²) in [5.74, 6) is -1.06. The quantitative estimate of drug-likeness (QED) is 0.296. The monoisotopic (exact) mass is 514 g/mol. The summed E-state index contributed by atoms with van der Waals surface area (Å²) in [6, 6.07) is 0. The minimum absolute atomic E-state index is 0.146. The summed E-state index contributed by atoms with van der Waals surface area (Å²) in [5.41, 5.74) is 5.43. The van der Waals surface area contributed by atoms with Crippen LogP contribution in [0, 0.1) is 0 Å². The molecule has 3 N–H and O–H groups in total. The van der Waals surface area contributed by atoms with Crippen LogP contribution in [0.5, 0.6) is 0 Å². The van der Waals surface area contributed by atoms with Gasteiger partial charge in [0.05, 0.1) is 31.7 Å². The van der Waals surface area contributed by atoms with Crippen molar-refractivity contribution in [3.05, 3.63) is 12.7 Å². The molecule has 196 valence electrons. The fourth-order valence-electron chi connectivity index (χ4n) is 3.09. The SMILES string of the molecule is CCOC(=O)C(C)(C)N[P@](=O)(CO[C@H](C)Cn1cnc2c(N)ncnc21)O[C@H](C)C(=O)OC(C)C. The number of hydrogen-bond donors (Lipinski definition) is 2. The van der Waals surface area contributed by atoms with Crippen LogP contribution in [0.15, 0.2) is 12.7 Å². The Kier molecular flexibility index (Phi) is 9.73. The van der Waals surface area contributed by atoms with Gasteiger partial charge >= 0.3 is 11.9 Å². The van der Waals surface area contributed by atoms with Gasteiger partial charge in [-0.05, 0) is 48.5 Å². The maximum Gasteiger partial charge on any atom is 0.335 e. The van der Waals surface area contributed by atoms with Gasteiger partial charge in [-0.3, -0.25) is 9.36 Å². The number of ether oxygens (including phenoxy) is 3. The molecule has 0 aliphatic heterocycles. The first-order valence-electron chi connectivity index (χ1n) is 11.3. The first-order chi connectivity index (χ1) is 16.3. The van der Waals surface area contributed by atoms with Crippen molar-refractivity contribution < 1.29 is 32.9 Å². The normalized spacial score (nSPS) is 15.5. The highest BCUT2D eigenvalue weighted by Crippen LogP contribution is 2.46. The lowest BCUT2D eigenvalue weighted by Crippen LogP contribution is -2.47. The number of anilines is 1. The Labute approximate surface area is 204 Å². The first-order valence-corrected chi connectivity index (χ1v) is 13.1. The summed E-state index contributed by atoms with van der Waals surface area (Å²) < 4.78 is 37.1. The fourth-order valence-corrected chi connectivity index (χ4v) is 5.25. The first kappa shape index (κ1) is 28.6. The number of nitrogens with two attached hydrogens (primary N) is 1. The Bertz CT molecular complexity index is 1070. The van der Waals surface area contributed by atoms with E-state index in [1.165, 1.54) is 27.1 Å². The molecule has 0 saturated carbocycles. The summed E-state index contributed by atoms with van der Waals surface area (Å²) in [6.07, 6.45) is 0.423. The van der Waals surface area contributed by atoms with Crippen molar-refractivity contribution >= 4 is 36.4 Å². The number of imidazole rings is 1. The summed E-state index contributed by atoms with van der Waals surface area (Å²) in [5, 5.41) is 2.71. The van der Waals surface area contributed by atoms with Crippen LogP contribution in [0.2, 0.25) is 0 Å². The molecule has 0 bridgehead atoms. The molecule has 35 heavy (non-hydrogen) atoms. The van der Waals surface area contributed by atoms with Crippen molar-refractivity contribution in [1.82, 2.24) is 24.6 Å². The largest absolute Gasteiger partial charge is 0.465 e. The van der Waals surface area contributed by atoms with E-state index < -0.39 is 43.6 Å². The smallest absolute Gasteiger partial charge is 0.335 e. The van der Waals surface area contributed by atoms with E-state index in [-0.39, 0.29) is 18.5 Å². The van der Waals surface area contributed by atoms with Crippen LogP contribution >= 0.6 is 7.52 Å². The van der Waals surface area contributed by atoms with Gasteiger partial charge in [0, 0.05) is 0 Å². The van der Waals surface area contributed by atoms with E-state index in [9.17, 15) is 14.2 Å². The molecule has 0 spiro atoms. The number of nitrogens with zero attached hydrogens (tertiary/aromatic N) is 4. The lowest BCUT2D eigenvalue weighted by atomic mass is 10.1. The summed E-state index contributed by atoms with van der Waals surface area (Å²) in [4.78, 5) is 37.0. The van der Waals surface area contributed by atoms with Crippen LogP contribution in [-0.4, -0.2) is 68.3 Å². The Morgan fingerprint density at radius 2 is 1.89 bits per heavy atom. The Morgan fingerprint density at radius 1 is 1.20 bits per heavy atom. The van der Waals surface area contributed by atoms with E-state index in [0.717, 1.165) is 0 Å². The molecule has 2 aromatic heterocycles. The molecule has 3 atom stereocenters. The lowest BCUT2D eigenvalue weighted by Gasteiger charge is -2.31. The van der Waals surface area contributed by atoms with Crippen LogP contribution in [0.1, 0.15) is 48.5 Å². The topological polar surface area (TPSA) is 170 Å². The second-order valence-electron chi connectivity index (χ2n) is 8.80. The number of fused-ring (bicyclic) bond motifs is 1. The van der Waals surface area contributed by atoms with Crippen LogP contribution in [0.3, 0.4) is 0 Å². The van der Waals surface area contributed by atoms with Gasteiger partial charge in [0.15, 0.2) is 17.6 Å². The lowest BCUT2D eigenvalue weighted by molar-refractivity contribution is -0.155. The van der Waals surface area contributed by atoms with Crippen molar-refractivity contribution in [2.24, 2.45) is 0 Å². The van der Waals surface area contributed by atoms with Crippen LogP contribution in [0.4, 0.5) is 5.82 Å². The van der Waals surface area contributed by atoms with Gasteiger partial charge in [-0.2, -0.15) is 0 Å². The molecule has 2 rings (SSSR count). The molecule has 0 unspecified atom stereocenters. The number of carbonyl (C=O) groups excluding carboxylic acids is 2. The van der Waals surface area contributed by atoms with Crippen LogP contribution in [-0.2, 0) is 39.4 Å². The highest BCUT2D eigenvalue weighted by Gasteiger charge is 2.40. The molecule has 13 nitrogen and oxygen atoms in total. The number of hydrogen-bond acceptors (Lipinski definition) is 11. The summed E-state index contributed by atoms with van der Waals surface area (Å²) in [7, 11) is -3.92. The Morgan fingerprint density at radius 3 is 2.51 bits per heavy atom. The van der Waals surface area contributed by atoms with Gasteiger partial charge in [-0.15, -0.1) is 0 Å². The number of aromatic nitrogens is 4. The molecule has 0 aromatic carbocycles. The van der Waals surface area contributed by atoms with Gasteiger partial charge in [0.25, 0.3) is 7.52 Å². The number of nitrogens with one attached hydrogen (secondary N) is 1. The predicted octanol–water partition coefficient (Wildman–Crippen LogP) is 2.25. The second kappa shape index (κ2) is 11.9. The molecule has 0 aliphatic carbocycles. The predicted molar refractivity (Wildman–Crippen MR) is 128 cm³/mol. The number of carbonyl (C=O) groups is 2. The molecule has 0 radical (unpaired) electrons. The van der Waals surface area contributed by atoms with Gasteiger partial charge in [-0.25, -0.2) is 24.8 Å². The van der Waals surface area contributed by atoms with Crippen molar-refractivity contribution in [3.8, 4) is 0 Å². The number of esters is 2. The average molecular weight is 515 g/mol. The van der Waals surface area contributed by atoms with E-state index in [1.54, 1.807) is 38.6 Å². The van der Waals surface area contributed by atoms with Gasteiger partial charge in [0.1, 0.15) is 23.7 Å². The highest BCUT2D eigenvalue weighted by molar-refractivity contribution is 7.56.